The molecule has 0 fully saturated rings. The molecular weight excluding hydrogens is 278 g/mol. The lowest BCUT2D eigenvalue weighted by atomic mass is 10.0. The standard InChI is InChI=1S/C18H17NO3/c1-18(2)10-9-13-12-14(5-7-16(13)22-18)19-17(20)8-6-15-4-3-11-21-15/h3-12H,1-2H3,(H,19,20)/b8-6+. The van der Waals surface area contributed by atoms with E-state index in [9.17, 15) is 4.79 Å². The Morgan fingerprint density at radius 1 is 1.27 bits per heavy atom. The Hall–Kier alpha value is -2.75. The topological polar surface area (TPSA) is 51.5 Å². The number of nitrogens with one attached hydrogen (secondary N) is 1. The highest BCUT2D eigenvalue weighted by molar-refractivity contribution is 6.02. The van der Waals surface area contributed by atoms with Gasteiger partial charge in [0.25, 0.3) is 0 Å². The summed E-state index contributed by atoms with van der Waals surface area (Å²) in [5.74, 6) is 1.24. The molecule has 1 aliphatic heterocycles. The van der Waals surface area contributed by atoms with Crippen LogP contribution in [0.25, 0.3) is 12.2 Å². The van der Waals surface area contributed by atoms with Crippen LogP contribution in [0, 0.1) is 0 Å². The van der Waals surface area contributed by atoms with Gasteiger partial charge in [-0.2, -0.15) is 0 Å². The van der Waals surface area contributed by atoms with Crippen molar-refractivity contribution in [1.82, 2.24) is 0 Å². The predicted molar refractivity (Wildman–Crippen MR) is 86.6 cm³/mol. The molecule has 1 amide bonds. The number of carbonyl (C=O) groups excluding carboxylic acids is 1. The van der Waals surface area contributed by atoms with Gasteiger partial charge < -0.3 is 14.5 Å². The number of hydrogen-bond acceptors (Lipinski definition) is 3. The van der Waals surface area contributed by atoms with E-state index in [0.717, 1.165) is 17.0 Å². The van der Waals surface area contributed by atoms with E-state index in [1.807, 2.05) is 44.2 Å². The first kappa shape index (κ1) is 14.2. The van der Waals surface area contributed by atoms with Crippen molar-refractivity contribution < 1.29 is 13.9 Å². The molecule has 1 aliphatic rings. The van der Waals surface area contributed by atoms with Crippen LogP contribution in [0.3, 0.4) is 0 Å². The summed E-state index contributed by atoms with van der Waals surface area (Å²) in [6.07, 6.45) is 8.63. The van der Waals surface area contributed by atoms with Crippen molar-refractivity contribution in [1.29, 1.82) is 0 Å². The molecule has 0 aliphatic carbocycles. The molecule has 3 rings (SSSR count). The zero-order valence-electron chi connectivity index (χ0n) is 12.5. The fourth-order valence-corrected chi connectivity index (χ4v) is 2.19. The highest BCUT2D eigenvalue weighted by Crippen LogP contribution is 2.32. The van der Waals surface area contributed by atoms with Gasteiger partial charge in [-0.15, -0.1) is 0 Å². The van der Waals surface area contributed by atoms with Crippen LogP contribution in [0.15, 0.2) is 53.2 Å². The Kier molecular flexibility index (Phi) is 3.59. The molecule has 4 heteroatoms. The molecule has 0 saturated carbocycles. The molecule has 0 spiro atoms. The Bertz CT molecular complexity index is 740. The molecule has 0 saturated heterocycles. The minimum atomic E-state index is -0.302. The van der Waals surface area contributed by atoms with Crippen molar-refractivity contribution >= 4 is 23.7 Å². The van der Waals surface area contributed by atoms with Crippen LogP contribution in [0.4, 0.5) is 5.69 Å². The van der Waals surface area contributed by atoms with Gasteiger partial charge in [0.1, 0.15) is 17.1 Å². The molecule has 2 heterocycles. The van der Waals surface area contributed by atoms with Crippen molar-refractivity contribution in [2.45, 2.75) is 19.4 Å². The zero-order valence-corrected chi connectivity index (χ0v) is 12.5. The number of hydrogen-bond donors (Lipinski definition) is 1. The average molecular weight is 295 g/mol. The van der Waals surface area contributed by atoms with Crippen molar-refractivity contribution in [2.75, 3.05) is 5.32 Å². The summed E-state index contributed by atoms with van der Waals surface area (Å²) in [4.78, 5) is 11.9. The molecular formula is C18H17NO3. The van der Waals surface area contributed by atoms with E-state index >= 15 is 0 Å². The highest BCUT2D eigenvalue weighted by atomic mass is 16.5. The van der Waals surface area contributed by atoms with Gasteiger partial charge in [-0.25, -0.2) is 0 Å². The van der Waals surface area contributed by atoms with E-state index in [1.165, 1.54) is 6.08 Å². The zero-order chi connectivity index (χ0) is 15.6. The number of furan rings is 1. The number of fused-ring (bicyclic) bond motifs is 1. The van der Waals surface area contributed by atoms with E-state index < -0.39 is 0 Å². The number of ether oxygens (including phenoxy) is 1. The first-order valence-electron chi connectivity index (χ1n) is 7.07. The van der Waals surface area contributed by atoms with Crippen molar-refractivity contribution in [3.05, 3.63) is 60.1 Å². The van der Waals surface area contributed by atoms with Crippen LogP contribution in [0.1, 0.15) is 25.2 Å². The molecule has 2 aromatic rings. The maximum atomic E-state index is 11.9. The third kappa shape index (κ3) is 3.28. The molecule has 1 N–H and O–H groups in total. The van der Waals surface area contributed by atoms with Crippen molar-refractivity contribution in [2.24, 2.45) is 0 Å². The van der Waals surface area contributed by atoms with Crippen molar-refractivity contribution in [3.63, 3.8) is 0 Å². The first-order chi connectivity index (χ1) is 10.5. The Morgan fingerprint density at radius 2 is 2.14 bits per heavy atom. The SMILES string of the molecule is CC1(C)C=Cc2cc(NC(=O)/C=C/c3ccco3)ccc2O1. The van der Waals surface area contributed by atoms with Gasteiger partial charge in [-0.3, -0.25) is 4.79 Å². The number of anilines is 1. The minimum absolute atomic E-state index is 0.211. The molecule has 22 heavy (non-hydrogen) atoms. The summed E-state index contributed by atoms with van der Waals surface area (Å²) in [6, 6.07) is 9.14. The Balaban J connectivity index is 1.70. The maximum absolute atomic E-state index is 11.9. The van der Waals surface area contributed by atoms with Gasteiger partial charge in [-0.05, 0) is 56.3 Å². The normalized spacial score (nSPS) is 15.4. The third-order valence-corrected chi connectivity index (χ3v) is 3.26. The van der Waals surface area contributed by atoms with Crippen LogP contribution < -0.4 is 10.1 Å². The number of amides is 1. The van der Waals surface area contributed by atoms with E-state index in [4.69, 9.17) is 9.15 Å². The van der Waals surface area contributed by atoms with Gasteiger partial charge in [0, 0.05) is 17.3 Å². The average Bonchev–Trinajstić information content (AvgIpc) is 2.98. The number of rotatable bonds is 3. The third-order valence-electron chi connectivity index (χ3n) is 3.26. The fourth-order valence-electron chi connectivity index (χ4n) is 2.19. The summed E-state index contributed by atoms with van der Waals surface area (Å²) >= 11 is 0. The summed E-state index contributed by atoms with van der Waals surface area (Å²) in [5.41, 5.74) is 1.37. The molecule has 1 aromatic heterocycles. The van der Waals surface area contributed by atoms with Crippen LogP contribution >= 0.6 is 0 Å². The molecule has 0 radical (unpaired) electrons. The second-order valence-corrected chi connectivity index (χ2v) is 5.63. The van der Waals surface area contributed by atoms with E-state index in [0.29, 0.717) is 5.76 Å². The predicted octanol–water partition coefficient (Wildman–Crippen LogP) is 4.12. The van der Waals surface area contributed by atoms with E-state index in [1.54, 1.807) is 24.5 Å². The van der Waals surface area contributed by atoms with Crippen molar-refractivity contribution in [3.8, 4) is 5.75 Å². The molecule has 0 atom stereocenters. The second-order valence-electron chi connectivity index (χ2n) is 5.63. The van der Waals surface area contributed by atoms with E-state index in [2.05, 4.69) is 5.32 Å². The lowest BCUT2D eigenvalue weighted by molar-refractivity contribution is -0.111. The summed E-state index contributed by atoms with van der Waals surface area (Å²) in [6.45, 7) is 4.00. The van der Waals surface area contributed by atoms with Gasteiger partial charge in [0.2, 0.25) is 5.91 Å². The van der Waals surface area contributed by atoms with Gasteiger partial charge in [0.05, 0.1) is 6.26 Å². The highest BCUT2D eigenvalue weighted by Gasteiger charge is 2.21. The largest absolute Gasteiger partial charge is 0.483 e. The number of benzene rings is 1. The molecule has 1 aromatic carbocycles. The van der Waals surface area contributed by atoms with E-state index in [-0.39, 0.29) is 11.5 Å². The number of carbonyl (C=O) groups is 1. The van der Waals surface area contributed by atoms with Crippen LogP contribution in [-0.4, -0.2) is 11.5 Å². The lowest BCUT2D eigenvalue weighted by Gasteiger charge is -2.28. The first-order valence-corrected chi connectivity index (χ1v) is 7.07. The Labute approximate surface area is 129 Å². The molecule has 4 nitrogen and oxygen atoms in total. The van der Waals surface area contributed by atoms with Gasteiger partial charge >= 0.3 is 0 Å². The van der Waals surface area contributed by atoms with Crippen LogP contribution in [0.2, 0.25) is 0 Å². The monoisotopic (exact) mass is 295 g/mol. The molecule has 0 bridgehead atoms. The second kappa shape index (κ2) is 5.56. The maximum Gasteiger partial charge on any atom is 0.248 e. The molecule has 0 unspecified atom stereocenters. The Morgan fingerprint density at radius 3 is 2.91 bits per heavy atom. The van der Waals surface area contributed by atoms with Crippen LogP contribution in [-0.2, 0) is 4.79 Å². The quantitative estimate of drug-likeness (QED) is 0.867. The fraction of sp³-hybridized carbons (Fsp3) is 0.167. The smallest absolute Gasteiger partial charge is 0.248 e. The summed E-state index contributed by atoms with van der Waals surface area (Å²) in [5, 5.41) is 2.82. The lowest BCUT2D eigenvalue weighted by Crippen LogP contribution is -2.27. The van der Waals surface area contributed by atoms with Gasteiger partial charge in [0.15, 0.2) is 0 Å². The van der Waals surface area contributed by atoms with Crippen LogP contribution in [0.5, 0.6) is 5.75 Å². The summed E-state index contributed by atoms with van der Waals surface area (Å²) in [7, 11) is 0. The minimum Gasteiger partial charge on any atom is -0.483 e. The molecule has 112 valence electrons. The summed E-state index contributed by atoms with van der Waals surface area (Å²) < 4.78 is 11.0. The van der Waals surface area contributed by atoms with Gasteiger partial charge in [-0.1, -0.05) is 6.08 Å².